The van der Waals surface area contributed by atoms with Gasteiger partial charge in [0.1, 0.15) is 12.3 Å². The molecule has 0 amide bonds. The summed E-state index contributed by atoms with van der Waals surface area (Å²) in [6, 6.07) is 17.8. The van der Waals surface area contributed by atoms with Crippen molar-refractivity contribution in [2.24, 2.45) is 0 Å². The molecule has 0 spiro atoms. The summed E-state index contributed by atoms with van der Waals surface area (Å²) in [6.45, 7) is 3.79. The normalized spacial score (nSPS) is 17.0. The van der Waals surface area contributed by atoms with Gasteiger partial charge in [-0.1, -0.05) is 67.0 Å². The zero-order chi connectivity index (χ0) is 29.9. The van der Waals surface area contributed by atoms with Gasteiger partial charge < -0.3 is 4.74 Å². The number of fused-ring (bicyclic) bond motifs is 1. The summed E-state index contributed by atoms with van der Waals surface area (Å²) in [7, 11) is 0. The predicted molar refractivity (Wildman–Crippen MR) is 162 cm³/mol. The summed E-state index contributed by atoms with van der Waals surface area (Å²) in [6.07, 6.45) is 7.17. The van der Waals surface area contributed by atoms with Crippen molar-refractivity contribution >= 4 is 11.4 Å². The molecule has 0 aliphatic heterocycles. The molecule has 222 valence electrons. The molecule has 10 heteroatoms. The van der Waals surface area contributed by atoms with E-state index in [1.165, 1.54) is 6.92 Å². The van der Waals surface area contributed by atoms with E-state index in [9.17, 15) is 14.4 Å². The van der Waals surface area contributed by atoms with Crippen LogP contribution in [0, 0.1) is 0 Å². The molecule has 1 saturated carbocycles. The Morgan fingerprint density at radius 3 is 2.44 bits per heavy atom. The number of carbonyl (C=O) groups excluding carboxylic acids is 1. The van der Waals surface area contributed by atoms with Crippen molar-refractivity contribution in [2.45, 2.75) is 70.9 Å². The molecular formula is C33H35N5O5. The van der Waals surface area contributed by atoms with Crippen molar-refractivity contribution in [2.75, 3.05) is 6.61 Å². The van der Waals surface area contributed by atoms with E-state index in [1.54, 1.807) is 6.20 Å². The Morgan fingerprint density at radius 2 is 1.77 bits per heavy atom. The zero-order valence-electron chi connectivity index (χ0n) is 24.4. The van der Waals surface area contributed by atoms with E-state index in [-0.39, 0.29) is 30.1 Å². The highest BCUT2D eigenvalue weighted by Crippen LogP contribution is 2.32. The number of ether oxygens (including phenoxy) is 1. The van der Waals surface area contributed by atoms with Crippen LogP contribution in [0.15, 0.2) is 74.9 Å². The summed E-state index contributed by atoms with van der Waals surface area (Å²) >= 11 is 0. The smallest absolute Gasteiger partial charge is 0.370 e. The van der Waals surface area contributed by atoms with Crippen molar-refractivity contribution in [1.82, 2.24) is 24.3 Å². The van der Waals surface area contributed by atoms with Crippen molar-refractivity contribution in [3.8, 4) is 22.5 Å². The molecular weight excluding hydrogens is 546 g/mol. The molecule has 10 nitrogen and oxygen atoms in total. The molecule has 5 aromatic rings. The molecule has 1 aliphatic rings. The summed E-state index contributed by atoms with van der Waals surface area (Å²) in [5, 5.41) is 8.51. The van der Waals surface area contributed by atoms with Crippen molar-refractivity contribution in [1.29, 1.82) is 0 Å². The lowest BCUT2D eigenvalue weighted by Gasteiger charge is -2.31. The largest absolute Gasteiger partial charge is 0.439 e. The fourth-order valence-corrected chi connectivity index (χ4v) is 6.21. The average molecular weight is 582 g/mol. The number of benzene rings is 2. The first-order chi connectivity index (χ1) is 20.9. The molecule has 0 saturated heterocycles. The summed E-state index contributed by atoms with van der Waals surface area (Å²) in [5.74, 6) is -0.197. The highest BCUT2D eigenvalue weighted by atomic mass is 16.5. The van der Waals surface area contributed by atoms with Crippen LogP contribution in [-0.4, -0.2) is 42.8 Å². The van der Waals surface area contributed by atoms with Crippen LogP contribution >= 0.6 is 0 Å². The Labute approximate surface area is 248 Å². The molecule has 0 unspecified atom stereocenters. The molecule has 1 N–H and O–H groups in total. The summed E-state index contributed by atoms with van der Waals surface area (Å²) < 4.78 is 14.4. The number of H-pyrrole nitrogens is 1. The maximum absolute atomic E-state index is 14.3. The maximum Gasteiger partial charge on any atom is 0.439 e. The molecule has 3 aromatic heterocycles. The van der Waals surface area contributed by atoms with Crippen molar-refractivity contribution < 1.29 is 14.1 Å². The van der Waals surface area contributed by atoms with E-state index >= 15 is 0 Å². The Hall–Kier alpha value is -4.57. The zero-order valence-corrected chi connectivity index (χ0v) is 24.4. The second-order valence-corrected chi connectivity index (χ2v) is 11.3. The predicted octanol–water partition coefficient (Wildman–Crippen LogP) is 5.14. The fourth-order valence-electron chi connectivity index (χ4n) is 6.21. The van der Waals surface area contributed by atoms with Crippen LogP contribution < -0.4 is 11.3 Å². The third kappa shape index (κ3) is 5.87. The van der Waals surface area contributed by atoms with Gasteiger partial charge in [0.05, 0.1) is 18.0 Å². The fraction of sp³-hybridized carbons (Fsp3) is 0.364. The van der Waals surface area contributed by atoms with Gasteiger partial charge in [0.25, 0.3) is 5.56 Å². The molecule has 1 fully saturated rings. The number of ketones is 1. The Balaban J connectivity index is 1.32. The van der Waals surface area contributed by atoms with E-state index in [4.69, 9.17) is 9.26 Å². The van der Waals surface area contributed by atoms with E-state index in [0.717, 1.165) is 77.7 Å². The van der Waals surface area contributed by atoms with Gasteiger partial charge in [0.2, 0.25) is 0 Å². The van der Waals surface area contributed by atoms with E-state index in [1.807, 2.05) is 63.7 Å². The molecule has 6 rings (SSSR count). The Bertz CT molecular complexity index is 1860. The van der Waals surface area contributed by atoms with Crippen LogP contribution in [0.1, 0.15) is 68.8 Å². The molecule has 1 aliphatic carbocycles. The van der Waals surface area contributed by atoms with Crippen LogP contribution in [0.3, 0.4) is 0 Å². The number of aryl methyl sites for hydroxylation is 1. The second-order valence-electron chi connectivity index (χ2n) is 11.3. The monoisotopic (exact) mass is 581 g/mol. The molecule has 0 atom stereocenters. The third-order valence-electron chi connectivity index (χ3n) is 8.24. The van der Waals surface area contributed by atoms with Gasteiger partial charge in [-0.2, -0.15) is 5.10 Å². The number of rotatable bonds is 10. The average Bonchev–Trinajstić information content (AvgIpc) is 3.68. The molecule has 3 heterocycles. The highest BCUT2D eigenvalue weighted by molar-refractivity contribution is 5.80. The number of Topliss-reactive ketones (excluding diaryl/α,β-unsaturated/α-hetero) is 1. The molecule has 0 bridgehead atoms. The first kappa shape index (κ1) is 28.5. The number of nitrogens with one attached hydrogen (secondary N) is 1. The Kier molecular flexibility index (Phi) is 8.20. The van der Waals surface area contributed by atoms with Gasteiger partial charge in [0.15, 0.2) is 11.6 Å². The molecule has 0 radical (unpaired) electrons. The summed E-state index contributed by atoms with van der Waals surface area (Å²) in [4.78, 5) is 39.8. The van der Waals surface area contributed by atoms with Crippen LogP contribution in [0.2, 0.25) is 0 Å². The van der Waals surface area contributed by atoms with Crippen molar-refractivity contribution in [3.63, 3.8) is 0 Å². The number of hydrogen-bond acceptors (Lipinski definition) is 7. The van der Waals surface area contributed by atoms with Crippen LogP contribution in [0.25, 0.3) is 28.2 Å². The topological polar surface area (TPSA) is 124 Å². The minimum atomic E-state index is -0.600. The highest BCUT2D eigenvalue weighted by Gasteiger charge is 2.27. The minimum Gasteiger partial charge on any atom is -0.370 e. The van der Waals surface area contributed by atoms with Gasteiger partial charge in [-0.15, -0.1) is 0 Å². The van der Waals surface area contributed by atoms with Crippen LogP contribution in [-0.2, 0) is 22.4 Å². The number of nitrogens with zero attached hydrogens (tertiary/aromatic N) is 4. The van der Waals surface area contributed by atoms with E-state index in [0.29, 0.717) is 12.2 Å². The van der Waals surface area contributed by atoms with Gasteiger partial charge in [-0.3, -0.25) is 23.7 Å². The van der Waals surface area contributed by atoms with Crippen LogP contribution in [0.4, 0.5) is 0 Å². The maximum atomic E-state index is 14.3. The number of aromatic nitrogens is 5. The van der Waals surface area contributed by atoms with Crippen LogP contribution in [0.5, 0.6) is 0 Å². The number of aromatic amines is 1. The lowest BCUT2D eigenvalue weighted by atomic mass is 9.92. The third-order valence-corrected chi connectivity index (χ3v) is 8.24. The SMILES string of the molecule is CCCc1c(Cc2ccc(-c3ccccc3-c3noc(=O)[nH]3)cc2)c(=O)n([C@H]2CC[C@H](OCC(C)=O)CC2)c2ccnn12. The van der Waals surface area contributed by atoms with E-state index in [2.05, 4.69) is 22.2 Å². The van der Waals surface area contributed by atoms with Gasteiger partial charge in [-0.25, -0.2) is 9.31 Å². The Morgan fingerprint density at radius 1 is 1.02 bits per heavy atom. The number of carbonyl (C=O) groups is 1. The lowest BCUT2D eigenvalue weighted by Crippen LogP contribution is -2.35. The summed E-state index contributed by atoms with van der Waals surface area (Å²) in [5.41, 5.74) is 6.23. The first-order valence-electron chi connectivity index (χ1n) is 14.9. The van der Waals surface area contributed by atoms with Gasteiger partial charge >= 0.3 is 5.76 Å². The van der Waals surface area contributed by atoms with Gasteiger partial charge in [-0.05, 0) is 55.7 Å². The quantitative estimate of drug-likeness (QED) is 0.242. The van der Waals surface area contributed by atoms with E-state index < -0.39 is 5.76 Å². The lowest BCUT2D eigenvalue weighted by molar-refractivity contribution is -0.124. The van der Waals surface area contributed by atoms with Crippen molar-refractivity contribution in [3.05, 3.63) is 98.5 Å². The molecule has 2 aromatic carbocycles. The number of hydrogen-bond donors (Lipinski definition) is 1. The first-order valence-corrected chi connectivity index (χ1v) is 14.9. The second kappa shape index (κ2) is 12.3. The minimum absolute atomic E-state index is 0.0269. The molecule has 43 heavy (non-hydrogen) atoms. The standard InChI is InChI=1S/C33H35N5O5/c1-3-6-29-28(19-22-9-11-23(12-10-22)26-7-4-5-8-27(26)31-35-33(41)43-36-31)32(40)37(30-17-18-34-38(29)30)24-13-15-25(16-14-24)42-20-21(2)39/h4-5,7-12,17-18,24-25H,3,6,13-16,19-20H2,1-2H3,(H,35,36,41)/t24-,25-. The van der Waals surface area contributed by atoms with Gasteiger partial charge in [0, 0.05) is 29.7 Å².